The molecule has 0 aliphatic rings. The highest BCUT2D eigenvalue weighted by atomic mass is 35.5. The molecule has 35 heavy (non-hydrogen) atoms. The van der Waals surface area contributed by atoms with E-state index in [1.165, 1.54) is 18.5 Å². The molecule has 0 spiro atoms. The van der Waals surface area contributed by atoms with Gasteiger partial charge in [-0.1, -0.05) is 72.3 Å². The summed E-state index contributed by atoms with van der Waals surface area (Å²) in [5.41, 5.74) is 4.13. The first-order valence-corrected chi connectivity index (χ1v) is 11.2. The van der Waals surface area contributed by atoms with Gasteiger partial charge in [0.1, 0.15) is 0 Å². The van der Waals surface area contributed by atoms with Gasteiger partial charge in [0.05, 0.1) is 16.0 Å². The molecule has 0 bridgehead atoms. The van der Waals surface area contributed by atoms with E-state index in [9.17, 15) is 14.4 Å². The SMILES string of the molecule is Cc1ccccc1[C@@](C/C=N/O)(c1ccc(-c2ccc(C(=O)O)cc2)cc1)c1cc(F)ncc1Cl. The van der Waals surface area contributed by atoms with E-state index in [0.717, 1.165) is 27.8 Å². The number of aromatic carboxylic acids is 1. The Morgan fingerprint density at radius 3 is 2.26 bits per heavy atom. The maximum Gasteiger partial charge on any atom is 0.335 e. The molecule has 0 fully saturated rings. The van der Waals surface area contributed by atoms with Gasteiger partial charge in [-0.25, -0.2) is 9.78 Å². The number of benzene rings is 3. The topological polar surface area (TPSA) is 82.8 Å². The smallest absolute Gasteiger partial charge is 0.335 e. The Balaban J connectivity index is 1.93. The Hall–Kier alpha value is -4.03. The van der Waals surface area contributed by atoms with Crippen LogP contribution >= 0.6 is 11.6 Å². The van der Waals surface area contributed by atoms with Gasteiger partial charge < -0.3 is 10.3 Å². The van der Waals surface area contributed by atoms with Gasteiger partial charge in [-0.3, -0.25) is 0 Å². The Morgan fingerprint density at radius 2 is 1.66 bits per heavy atom. The quantitative estimate of drug-likeness (QED) is 0.131. The molecule has 1 heterocycles. The van der Waals surface area contributed by atoms with E-state index in [2.05, 4.69) is 10.1 Å². The van der Waals surface area contributed by atoms with Crippen LogP contribution in [0.2, 0.25) is 5.02 Å². The van der Waals surface area contributed by atoms with Crippen molar-refractivity contribution < 1.29 is 19.5 Å². The number of halogens is 2. The number of hydrogen-bond acceptors (Lipinski definition) is 4. The van der Waals surface area contributed by atoms with Crippen LogP contribution in [0.1, 0.15) is 39.0 Å². The molecular weight excluding hydrogens is 467 g/mol. The Kier molecular flexibility index (Phi) is 6.94. The molecule has 0 radical (unpaired) electrons. The van der Waals surface area contributed by atoms with Crippen molar-refractivity contribution in [2.45, 2.75) is 18.8 Å². The van der Waals surface area contributed by atoms with Crippen LogP contribution in [-0.4, -0.2) is 27.5 Å². The second-order valence-electron chi connectivity index (χ2n) is 8.17. The second kappa shape index (κ2) is 10.1. The molecule has 7 heteroatoms. The van der Waals surface area contributed by atoms with E-state index in [1.807, 2.05) is 55.5 Å². The number of nitrogens with zero attached hydrogens (tertiary/aromatic N) is 2. The lowest BCUT2D eigenvalue weighted by Crippen LogP contribution is -2.31. The average molecular weight is 489 g/mol. The lowest BCUT2D eigenvalue weighted by Gasteiger charge is -2.36. The van der Waals surface area contributed by atoms with Crippen LogP contribution in [0.15, 0.2) is 90.2 Å². The largest absolute Gasteiger partial charge is 0.478 e. The highest BCUT2D eigenvalue weighted by molar-refractivity contribution is 6.31. The number of carboxylic acid groups (broad SMARTS) is 1. The van der Waals surface area contributed by atoms with E-state index in [4.69, 9.17) is 16.7 Å². The summed E-state index contributed by atoms with van der Waals surface area (Å²) in [7, 11) is 0. The maximum absolute atomic E-state index is 14.4. The van der Waals surface area contributed by atoms with Crippen LogP contribution in [0.3, 0.4) is 0 Å². The fraction of sp³-hybridized carbons (Fsp3) is 0.107. The molecule has 4 aromatic rings. The lowest BCUT2D eigenvalue weighted by atomic mass is 9.66. The molecule has 0 aliphatic heterocycles. The number of carboxylic acids is 1. The summed E-state index contributed by atoms with van der Waals surface area (Å²) in [6.07, 6.45) is 2.87. The van der Waals surface area contributed by atoms with Gasteiger partial charge in [0.25, 0.3) is 0 Å². The zero-order valence-electron chi connectivity index (χ0n) is 18.8. The van der Waals surface area contributed by atoms with E-state index in [0.29, 0.717) is 5.56 Å². The summed E-state index contributed by atoms with van der Waals surface area (Å²) >= 11 is 6.59. The Morgan fingerprint density at radius 1 is 1.03 bits per heavy atom. The monoisotopic (exact) mass is 488 g/mol. The molecule has 0 saturated heterocycles. The highest BCUT2D eigenvalue weighted by Crippen LogP contribution is 2.46. The zero-order valence-corrected chi connectivity index (χ0v) is 19.6. The first kappa shape index (κ1) is 24.1. The third kappa shape index (κ3) is 4.66. The van der Waals surface area contributed by atoms with Crippen LogP contribution in [0.5, 0.6) is 0 Å². The molecule has 0 unspecified atom stereocenters. The van der Waals surface area contributed by atoms with E-state index < -0.39 is 17.3 Å². The van der Waals surface area contributed by atoms with Crippen LogP contribution in [0.4, 0.5) is 4.39 Å². The molecule has 5 nitrogen and oxygen atoms in total. The summed E-state index contributed by atoms with van der Waals surface area (Å²) in [4.78, 5) is 14.9. The number of rotatable bonds is 7. The minimum absolute atomic E-state index is 0.210. The predicted octanol–water partition coefficient (Wildman–Crippen LogP) is 6.73. The lowest BCUT2D eigenvalue weighted by molar-refractivity contribution is 0.0697. The summed E-state index contributed by atoms with van der Waals surface area (Å²) in [6.45, 7) is 1.96. The van der Waals surface area contributed by atoms with Crippen molar-refractivity contribution in [3.63, 3.8) is 0 Å². The van der Waals surface area contributed by atoms with Crippen LogP contribution in [0, 0.1) is 12.9 Å². The minimum Gasteiger partial charge on any atom is -0.478 e. The molecule has 176 valence electrons. The first-order chi connectivity index (χ1) is 16.9. The third-order valence-electron chi connectivity index (χ3n) is 6.21. The number of pyridine rings is 1. The summed E-state index contributed by atoms with van der Waals surface area (Å²) in [5.74, 6) is -1.65. The predicted molar refractivity (Wildman–Crippen MR) is 134 cm³/mol. The maximum atomic E-state index is 14.4. The normalized spacial score (nSPS) is 13.0. The fourth-order valence-electron chi connectivity index (χ4n) is 4.52. The molecule has 0 saturated carbocycles. The molecule has 1 aromatic heterocycles. The number of aromatic nitrogens is 1. The average Bonchev–Trinajstić information content (AvgIpc) is 2.87. The van der Waals surface area contributed by atoms with E-state index in [-0.39, 0.29) is 17.0 Å². The van der Waals surface area contributed by atoms with Crippen LogP contribution in [0.25, 0.3) is 11.1 Å². The number of hydrogen-bond donors (Lipinski definition) is 2. The summed E-state index contributed by atoms with van der Waals surface area (Å²) in [5, 5.41) is 22.0. The molecule has 3 aromatic carbocycles. The van der Waals surface area contributed by atoms with Gasteiger partial charge in [0, 0.05) is 18.8 Å². The fourth-order valence-corrected chi connectivity index (χ4v) is 4.78. The minimum atomic E-state index is -0.984. The first-order valence-electron chi connectivity index (χ1n) is 10.8. The Bertz CT molecular complexity index is 1390. The van der Waals surface area contributed by atoms with Gasteiger partial charge in [-0.2, -0.15) is 4.39 Å². The van der Waals surface area contributed by atoms with Crippen LogP contribution < -0.4 is 0 Å². The number of carbonyl (C=O) groups is 1. The molecule has 4 rings (SSSR count). The van der Waals surface area contributed by atoms with Crippen molar-refractivity contribution in [3.05, 3.63) is 124 Å². The van der Waals surface area contributed by atoms with Crippen LogP contribution in [-0.2, 0) is 5.41 Å². The van der Waals surface area contributed by atoms with Crippen molar-refractivity contribution >= 4 is 23.8 Å². The van der Waals surface area contributed by atoms with Gasteiger partial charge in [-0.05, 0) is 58.5 Å². The Labute approximate surface area is 207 Å². The molecule has 0 amide bonds. The summed E-state index contributed by atoms with van der Waals surface area (Å²) < 4.78 is 14.4. The van der Waals surface area contributed by atoms with Crippen molar-refractivity contribution in [1.82, 2.24) is 4.98 Å². The molecular formula is C28H22ClFN2O3. The van der Waals surface area contributed by atoms with Crippen molar-refractivity contribution in [1.29, 1.82) is 0 Å². The number of aryl methyl sites for hydroxylation is 1. The third-order valence-corrected chi connectivity index (χ3v) is 6.51. The van der Waals surface area contributed by atoms with Crippen molar-refractivity contribution in [2.75, 3.05) is 0 Å². The van der Waals surface area contributed by atoms with E-state index >= 15 is 0 Å². The van der Waals surface area contributed by atoms with E-state index in [1.54, 1.807) is 24.3 Å². The van der Waals surface area contributed by atoms with Gasteiger partial charge in [-0.15, -0.1) is 5.16 Å². The van der Waals surface area contributed by atoms with Crippen molar-refractivity contribution in [2.24, 2.45) is 5.16 Å². The van der Waals surface area contributed by atoms with Gasteiger partial charge >= 0.3 is 5.97 Å². The second-order valence-corrected chi connectivity index (χ2v) is 8.58. The van der Waals surface area contributed by atoms with Crippen molar-refractivity contribution in [3.8, 4) is 11.1 Å². The highest BCUT2D eigenvalue weighted by Gasteiger charge is 2.39. The summed E-state index contributed by atoms with van der Waals surface area (Å²) in [6, 6.07) is 23.3. The standard InChI is InChI=1S/C28H22ClFN2O3/c1-18-4-2-3-5-23(18)28(14-15-32-35,24-16-26(30)31-17-25(24)29)22-12-10-20(11-13-22)19-6-8-21(9-7-19)27(33)34/h2-13,15-17,35H,14H2,1H3,(H,33,34)/b32-15+/t28-/m1/s1. The van der Waals surface area contributed by atoms with Gasteiger partial charge in [0.2, 0.25) is 5.95 Å². The zero-order chi connectivity index (χ0) is 25.0. The molecule has 0 aliphatic carbocycles. The molecule has 2 N–H and O–H groups in total. The number of oxime groups is 1. The van der Waals surface area contributed by atoms with Gasteiger partial charge in [0.15, 0.2) is 0 Å². The molecule has 1 atom stereocenters.